The lowest BCUT2D eigenvalue weighted by Gasteiger charge is -2.22. The molecule has 0 aromatic heterocycles. The summed E-state index contributed by atoms with van der Waals surface area (Å²) in [6.45, 7) is 2.69. The number of ether oxygens (including phenoxy) is 1. The van der Waals surface area contributed by atoms with E-state index in [0.717, 1.165) is 6.07 Å². The van der Waals surface area contributed by atoms with Gasteiger partial charge < -0.3 is 15.2 Å². The van der Waals surface area contributed by atoms with Crippen molar-refractivity contribution < 1.29 is 28.2 Å². The third-order valence-corrected chi connectivity index (χ3v) is 4.73. The molecule has 2 N–H and O–H groups in total. The maximum atomic E-state index is 14.6. The Morgan fingerprint density at radius 3 is 2.30 bits per heavy atom. The van der Waals surface area contributed by atoms with E-state index in [4.69, 9.17) is 4.74 Å². The Bertz CT molecular complexity index is 1110. The maximum Gasteiger partial charge on any atom is 0.328 e. The molecule has 0 saturated heterocycles. The molecule has 30 heavy (non-hydrogen) atoms. The largest absolute Gasteiger partial charge is 0.492 e. The molecule has 0 heterocycles. The SMILES string of the molecule is CC(C)(NC(=O)c1cc(F)c2ccccc2c1OCCc1ccccc1F)C(=O)O. The molecule has 0 atom stereocenters. The number of benzene rings is 3. The molecule has 0 unspecified atom stereocenters. The number of aliphatic carboxylic acids is 1. The van der Waals surface area contributed by atoms with E-state index < -0.39 is 23.2 Å². The van der Waals surface area contributed by atoms with Crippen LogP contribution in [0.25, 0.3) is 10.8 Å². The zero-order valence-electron chi connectivity index (χ0n) is 16.5. The van der Waals surface area contributed by atoms with Crippen molar-refractivity contribution in [3.63, 3.8) is 0 Å². The van der Waals surface area contributed by atoms with Gasteiger partial charge >= 0.3 is 5.97 Å². The summed E-state index contributed by atoms with van der Waals surface area (Å²) in [6, 6.07) is 13.8. The van der Waals surface area contributed by atoms with Gasteiger partial charge in [-0.3, -0.25) is 4.79 Å². The average Bonchev–Trinajstić information content (AvgIpc) is 2.70. The van der Waals surface area contributed by atoms with Gasteiger partial charge in [-0.05, 0) is 31.5 Å². The second-order valence-electron chi connectivity index (χ2n) is 7.35. The predicted octanol–water partition coefficient (Wildman–Crippen LogP) is 4.33. The molecule has 0 aliphatic heterocycles. The van der Waals surface area contributed by atoms with Crippen LogP contribution in [0.5, 0.6) is 5.75 Å². The Morgan fingerprint density at radius 1 is 1.00 bits per heavy atom. The zero-order chi connectivity index (χ0) is 21.9. The Labute approximate surface area is 172 Å². The summed E-state index contributed by atoms with van der Waals surface area (Å²) >= 11 is 0. The quantitative estimate of drug-likeness (QED) is 0.605. The summed E-state index contributed by atoms with van der Waals surface area (Å²) in [5.74, 6) is -2.91. The van der Waals surface area contributed by atoms with Gasteiger partial charge in [-0.1, -0.05) is 42.5 Å². The fraction of sp³-hybridized carbons (Fsp3) is 0.217. The highest BCUT2D eigenvalue weighted by Crippen LogP contribution is 2.32. The third-order valence-electron chi connectivity index (χ3n) is 4.73. The molecule has 156 valence electrons. The van der Waals surface area contributed by atoms with E-state index in [0.29, 0.717) is 10.9 Å². The number of rotatable bonds is 7. The van der Waals surface area contributed by atoms with Gasteiger partial charge in [-0.25, -0.2) is 13.6 Å². The van der Waals surface area contributed by atoms with Gasteiger partial charge in [0.2, 0.25) is 0 Å². The second kappa shape index (κ2) is 8.49. The molecule has 0 aliphatic carbocycles. The summed E-state index contributed by atoms with van der Waals surface area (Å²) in [6.07, 6.45) is 0.236. The molecule has 3 aromatic rings. The third kappa shape index (κ3) is 4.40. The molecule has 0 bridgehead atoms. The lowest BCUT2D eigenvalue weighted by molar-refractivity contribution is -0.143. The number of hydrogen-bond donors (Lipinski definition) is 2. The molecule has 0 spiro atoms. The Kier molecular flexibility index (Phi) is 6.01. The van der Waals surface area contributed by atoms with E-state index in [-0.39, 0.29) is 35.5 Å². The van der Waals surface area contributed by atoms with Crippen LogP contribution in [0.2, 0.25) is 0 Å². The molecule has 5 nitrogen and oxygen atoms in total. The fourth-order valence-electron chi connectivity index (χ4n) is 3.00. The van der Waals surface area contributed by atoms with Crippen LogP contribution in [0, 0.1) is 11.6 Å². The Balaban J connectivity index is 1.97. The van der Waals surface area contributed by atoms with Crippen molar-refractivity contribution in [2.45, 2.75) is 25.8 Å². The molecule has 0 aliphatic rings. The van der Waals surface area contributed by atoms with Crippen LogP contribution in [0.3, 0.4) is 0 Å². The first-order chi connectivity index (χ1) is 14.2. The number of carbonyl (C=O) groups excluding carboxylic acids is 1. The normalized spacial score (nSPS) is 11.3. The maximum absolute atomic E-state index is 14.6. The number of fused-ring (bicyclic) bond motifs is 1. The highest BCUT2D eigenvalue weighted by Gasteiger charge is 2.31. The molecular formula is C23H21F2NO4. The first-order valence-electron chi connectivity index (χ1n) is 9.34. The van der Waals surface area contributed by atoms with Crippen molar-refractivity contribution in [3.8, 4) is 5.75 Å². The summed E-state index contributed by atoms with van der Waals surface area (Å²) in [4.78, 5) is 24.1. The molecule has 0 saturated carbocycles. The minimum absolute atomic E-state index is 0.0408. The van der Waals surface area contributed by atoms with Gasteiger partial charge in [0.1, 0.15) is 22.9 Å². The Hall–Kier alpha value is -3.48. The van der Waals surface area contributed by atoms with Crippen LogP contribution in [-0.2, 0) is 11.2 Å². The van der Waals surface area contributed by atoms with E-state index >= 15 is 0 Å². The molecule has 3 rings (SSSR count). The van der Waals surface area contributed by atoms with Crippen LogP contribution in [-0.4, -0.2) is 29.1 Å². The highest BCUT2D eigenvalue weighted by molar-refractivity contribution is 6.05. The lowest BCUT2D eigenvalue weighted by Crippen LogP contribution is -2.49. The van der Waals surface area contributed by atoms with Crippen molar-refractivity contribution in [1.82, 2.24) is 5.32 Å². The van der Waals surface area contributed by atoms with Crippen molar-refractivity contribution in [3.05, 3.63) is 77.4 Å². The van der Waals surface area contributed by atoms with Gasteiger partial charge in [0.25, 0.3) is 5.91 Å². The second-order valence-corrected chi connectivity index (χ2v) is 7.35. The van der Waals surface area contributed by atoms with Gasteiger partial charge in [0, 0.05) is 17.2 Å². The monoisotopic (exact) mass is 413 g/mol. The number of hydrogen-bond acceptors (Lipinski definition) is 3. The molecule has 7 heteroatoms. The number of carboxylic acid groups (broad SMARTS) is 1. The standard InChI is InChI=1S/C23H21F2NO4/c1-23(2,22(28)29)26-21(27)17-13-19(25)15-8-4-5-9-16(15)20(17)30-12-11-14-7-3-6-10-18(14)24/h3-10,13H,11-12H2,1-2H3,(H,26,27)(H,28,29). The number of nitrogens with one attached hydrogen (secondary N) is 1. The fourth-order valence-corrected chi connectivity index (χ4v) is 3.00. The molecule has 1 amide bonds. The van der Waals surface area contributed by atoms with Crippen molar-refractivity contribution in [2.75, 3.05) is 6.61 Å². The first-order valence-corrected chi connectivity index (χ1v) is 9.34. The number of carbonyl (C=O) groups is 2. The van der Waals surface area contributed by atoms with E-state index in [2.05, 4.69) is 5.32 Å². The highest BCUT2D eigenvalue weighted by atomic mass is 19.1. The number of carboxylic acids is 1. The van der Waals surface area contributed by atoms with Crippen LogP contribution < -0.4 is 10.1 Å². The molecule has 0 fully saturated rings. The zero-order valence-corrected chi connectivity index (χ0v) is 16.5. The summed E-state index contributed by atoms with van der Waals surface area (Å²) < 4.78 is 34.3. The van der Waals surface area contributed by atoms with Gasteiger partial charge in [-0.2, -0.15) is 0 Å². The predicted molar refractivity (Wildman–Crippen MR) is 109 cm³/mol. The number of amides is 1. The average molecular weight is 413 g/mol. The van der Waals surface area contributed by atoms with E-state index in [9.17, 15) is 23.5 Å². The summed E-state index contributed by atoms with van der Waals surface area (Å²) in [5, 5.41) is 12.3. The minimum Gasteiger partial charge on any atom is -0.492 e. The van der Waals surface area contributed by atoms with Crippen LogP contribution in [0.4, 0.5) is 8.78 Å². The van der Waals surface area contributed by atoms with Gasteiger partial charge in [0.05, 0.1) is 12.2 Å². The molecular weight excluding hydrogens is 392 g/mol. The van der Waals surface area contributed by atoms with Crippen LogP contribution in [0.15, 0.2) is 54.6 Å². The topological polar surface area (TPSA) is 75.6 Å². The van der Waals surface area contributed by atoms with Crippen molar-refractivity contribution in [1.29, 1.82) is 0 Å². The van der Waals surface area contributed by atoms with Crippen LogP contribution in [0.1, 0.15) is 29.8 Å². The molecule has 3 aromatic carbocycles. The number of halogens is 2. The first kappa shape index (κ1) is 21.2. The van der Waals surface area contributed by atoms with E-state index in [1.54, 1.807) is 42.5 Å². The van der Waals surface area contributed by atoms with Gasteiger partial charge in [0.15, 0.2) is 0 Å². The lowest BCUT2D eigenvalue weighted by atomic mass is 10.0. The Morgan fingerprint density at radius 2 is 1.63 bits per heavy atom. The van der Waals surface area contributed by atoms with Gasteiger partial charge in [-0.15, -0.1) is 0 Å². The van der Waals surface area contributed by atoms with Crippen LogP contribution >= 0.6 is 0 Å². The minimum atomic E-state index is -1.57. The van der Waals surface area contributed by atoms with Crippen molar-refractivity contribution >= 4 is 22.6 Å². The van der Waals surface area contributed by atoms with E-state index in [1.807, 2.05) is 0 Å². The summed E-state index contributed by atoms with van der Waals surface area (Å²) in [7, 11) is 0. The summed E-state index contributed by atoms with van der Waals surface area (Å²) in [5.41, 5.74) is -1.25. The molecule has 0 radical (unpaired) electrons. The van der Waals surface area contributed by atoms with Crippen molar-refractivity contribution in [2.24, 2.45) is 0 Å². The van der Waals surface area contributed by atoms with E-state index in [1.165, 1.54) is 19.9 Å². The smallest absolute Gasteiger partial charge is 0.328 e.